The Balaban J connectivity index is 2.62. The van der Waals surface area contributed by atoms with Crippen molar-refractivity contribution >= 4 is 5.69 Å². The predicted octanol–water partition coefficient (Wildman–Crippen LogP) is 2.60. The number of nitrogens with one attached hydrogen (secondary N) is 1. The van der Waals surface area contributed by atoms with E-state index >= 15 is 0 Å². The molecule has 90 valence electrons. The summed E-state index contributed by atoms with van der Waals surface area (Å²) >= 11 is 0. The third-order valence-electron chi connectivity index (χ3n) is 3.38. The first-order chi connectivity index (χ1) is 7.65. The molecule has 0 bridgehead atoms. The van der Waals surface area contributed by atoms with Gasteiger partial charge < -0.3 is 10.4 Å². The highest BCUT2D eigenvalue weighted by Gasteiger charge is 2.24. The van der Waals surface area contributed by atoms with Crippen molar-refractivity contribution in [2.75, 3.05) is 18.5 Å². The summed E-state index contributed by atoms with van der Waals surface area (Å²) in [6.45, 7) is 7.29. The van der Waals surface area contributed by atoms with Crippen LogP contribution < -0.4 is 5.32 Å². The van der Waals surface area contributed by atoms with Crippen molar-refractivity contribution in [1.82, 2.24) is 4.98 Å². The molecule has 0 unspecified atom stereocenters. The minimum absolute atomic E-state index is 0.0102. The maximum absolute atomic E-state index is 9.45. The predicted molar refractivity (Wildman–Crippen MR) is 67.6 cm³/mol. The highest BCUT2D eigenvalue weighted by atomic mass is 16.3. The van der Waals surface area contributed by atoms with Crippen LogP contribution in [0, 0.1) is 12.3 Å². The standard InChI is InChI=1S/C13H22N2O/c1-4-13(5-2,10-16)9-15-12-6-11(3)7-14-8-12/h6-8,15-16H,4-5,9-10H2,1-3H3. The molecule has 0 fully saturated rings. The number of aliphatic hydroxyl groups excluding tert-OH is 1. The second kappa shape index (κ2) is 5.85. The Morgan fingerprint density at radius 2 is 2.00 bits per heavy atom. The number of aromatic nitrogens is 1. The van der Waals surface area contributed by atoms with Gasteiger partial charge in [0, 0.05) is 24.4 Å². The van der Waals surface area contributed by atoms with Crippen LogP contribution in [0.15, 0.2) is 18.5 Å². The molecule has 0 spiro atoms. The molecule has 0 saturated heterocycles. The van der Waals surface area contributed by atoms with E-state index in [1.807, 2.05) is 19.3 Å². The van der Waals surface area contributed by atoms with Gasteiger partial charge in [-0.05, 0) is 31.4 Å². The van der Waals surface area contributed by atoms with Crippen LogP contribution in [0.4, 0.5) is 5.69 Å². The van der Waals surface area contributed by atoms with E-state index in [-0.39, 0.29) is 12.0 Å². The Hall–Kier alpha value is -1.09. The number of pyridine rings is 1. The van der Waals surface area contributed by atoms with Crippen LogP contribution in [-0.4, -0.2) is 23.2 Å². The molecule has 0 radical (unpaired) electrons. The summed E-state index contributed by atoms with van der Waals surface area (Å²) in [6, 6.07) is 2.07. The molecule has 3 heteroatoms. The van der Waals surface area contributed by atoms with Crippen LogP contribution in [0.3, 0.4) is 0 Å². The number of anilines is 1. The zero-order chi connectivity index (χ0) is 12.0. The molecular formula is C13H22N2O. The first-order valence-corrected chi connectivity index (χ1v) is 5.92. The average Bonchev–Trinajstić information content (AvgIpc) is 2.32. The van der Waals surface area contributed by atoms with E-state index in [4.69, 9.17) is 0 Å². The first kappa shape index (κ1) is 13.0. The zero-order valence-corrected chi connectivity index (χ0v) is 10.5. The third kappa shape index (κ3) is 3.20. The van der Waals surface area contributed by atoms with E-state index < -0.39 is 0 Å². The minimum Gasteiger partial charge on any atom is -0.396 e. The topological polar surface area (TPSA) is 45.1 Å². The highest BCUT2D eigenvalue weighted by Crippen LogP contribution is 2.26. The number of aliphatic hydroxyl groups is 1. The molecule has 1 aromatic rings. The van der Waals surface area contributed by atoms with Crippen LogP contribution in [0.5, 0.6) is 0 Å². The van der Waals surface area contributed by atoms with Crippen molar-refractivity contribution in [1.29, 1.82) is 0 Å². The maximum atomic E-state index is 9.45. The summed E-state index contributed by atoms with van der Waals surface area (Å²) in [4.78, 5) is 4.14. The molecule has 3 nitrogen and oxygen atoms in total. The van der Waals surface area contributed by atoms with Crippen LogP contribution in [0.25, 0.3) is 0 Å². The third-order valence-corrected chi connectivity index (χ3v) is 3.38. The van der Waals surface area contributed by atoms with Gasteiger partial charge in [-0.25, -0.2) is 0 Å². The van der Waals surface area contributed by atoms with E-state index in [0.29, 0.717) is 0 Å². The van der Waals surface area contributed by atoms with Gasteiger partial charge in [-0.3, -0.25) is 4.98 Å². The quantitative estimate of drug-likeness (QED) is 0.777. The summed E-state index contributed by atoms with van der Waals surface area (Å²) < 4.78 is 0. The van der Waals surface area contributed by atoms with E-state index in [9.17, 15) is 5.11 Å². The van der Waals surface area contributed by atoms with E-state index in [2.05, 4.69) is 30.2 Å². The molecule has 2 N–H and O–H groups in total. The molecule has 0 saturated carbocycles. The second-order valence-corrected chi connectivity index (χ2v) is 4.47. The lowest BCUT2D eigenvalue weighted by atomic mass is 9.83. The number of nitrogens with zero attached hydrogens (tertiary/aromatic N) is 1. The lowest BCUT2D eigenvalue weighted by Gasteiger charge is -2.30. The molecule has 0 atom stereocenters. The summed E-state index contributed by atoms with van der Waals surface area (Å²) in [6.07, 6.45) is 5.61. The number of hydrogen-bond acceptors (Lipinski definition) is 3. The van der Waals surface area contributed by atoms with Crippen molar-refractivity contribution in [2.45, 2.75) is 33.6 Å². The molecule has 0 aliphatic heterocycles. The fourth-order valence-corrected chi connectivity index (χ4v) is 1.72. The molecule has 1 rings (SSSR count). The van der Waals surface area contributed by atoms with Gasteiger partial charge in [-0.2, -0.15) is 0 Å². The van der Waals surface area contributed by atoms with Gasteiger partial charge in [0.15, 0.2) is 0 Å². The normalized spacial score (nSPS) is 11.5. The van der Waals surface area contributed by atoms with Gasteiger partial charge in [-0.15, -0.1) is 0 Å². The molecular weight excluding hydrogens is 200 g/mol. The zero-order valence-electron chi connectivity index (χ0n) is 10.5. The molecule has 0 aliphatic rings. The molecule has 0 aromatic carbocycles. The Morgan fingerprint density at radius 3 is 2.50 bits per heavy atom. The summed E-state index contributed by atoms with van der Waals surface area (Å²) in [5.74, 6) is 0. The van der Waals surface area contributed by atoms with Gasteiger partial charge in [0.1, 0.15) is 0 Å². The van der Waals surface area contributed by atoms with Crippen molar-refractivity contribution in [3.05, 3.63) is 24.0 Å². The fourth-order valence-electron chi connectivity index (χ4n) is 1.72. The Bertz CT molecular complexity index is 313. The molecule has 1 heterocycles. The fraction of sp³-hybridized carbons (Fsp3) is 0.615. The molecule has 0 aliphatic carbocycles. The molecule has 1 aromatic heterocycles. The smallest absolute Gasteiger partial charge is 0.0529 e. The van der Waals surface area contributed by atoms with Crippen molar-refractivity contribution in [3.63, 3.8) is 0 Å². The van der Waals surface area contributed by atoms with Crippen LogP contribution in [-0.2, 0) is 0 Å². The van der Waals surface area contributed by atoms with Crippen molar-refractivity contribution in [2.24, 2.45) is 5.41 Å². The van der Waals surface area contributed by atoms with Crippen molar-refractivity contribution in [3.8, 4) is 0 Å². The second-order valence-electron chi connectivity index (χ2n) is 4.47. The number of rotatable bonds is 6. The van der Waals surface area contributed by atoms with E-state index in [1.165, 1.54) is 0 Å². The van der Waals surface area contributed by atoms with Gasteiger partial charge in [0.25, 0.3) is 0 Å². The minimum atomic E-state index is -0.0102. The Morgan fingerprint density at radius 1 is 1.31 bits per heavy atom. The summed E-state index contributed by atoms with van der Waals surface area (Å²) in [5, 5.41) is 12.8. The Kier molecular flexibility index (Phi) is 4.74. The van der Waals surface area contributed by atoms with E-state index in [1.54, 1.807) is 0 Å². The number of aryl methyl sites for hydroxylation is 1. The SMILES string of the molecule is CCC(CC)(CO)CNc1cncc(C)c1. The average molecular weight is 222 g/mol. The van der Waals surface area contributed by atoms with Crippen molar-refractivity contribution < 1.29 is 5.11 Å². The van der Waals surface area contributed by atoms with Gasteiger partial charge in [-0.1, -0.05) is 13.8 Å². The highest BCUT2D eigenvalue weighted by molar-refractivity contribution is 5.42. The van der Waals surface area contributed by atoms with Crippen LogP contribution in [0.1, 0.15) is 32.3 Å². The largest absolute Gasteiger partial charge is 0.396 e. The van der Waals surface area contributed by atoms with Gasteiger partial charge in [0.2, 0.25) is 0 Å². The lowest BCUT2D eigenvalue weighted by Crippen LogP contribution is -2.32. The monoisotopic (exact) mass is 222 g/mol. The number of hydrogen-bond donors (Lipinski definition) is 2. The summed E-state index contributed by atoms with van der Waals surface area (Å²) in [7, 11) is 0. The Labute approximate surface area is 97.9 Å². The molecule has 0 amide bonds. The molecule has 16 heavy (non-hydrogen) atoms. The lowest BCUT2D eigenvalue weighted by molar-refractivity contribution is 0.127. The van der Waals surface area contributed by atoms with Crippen LogP contribution in [0.2, 0.25) is 0 Å². The van der Waals surface area contributed by atoms with Gasteiger partial charge in [0.05, 0.1) is 12.3 Å². The summed E-state index contributed by atoms with van der Waals surface area (Å²) in [5.41, 5.74) is 2.16. The maximum Gasteiger partial charge on any atom is 0.0529 e. The van der Waals surface area contributed by atoms with Crippen LogP contribution >= 0.6 is 0 Å². The van der Waals surface area contributed by atoms with E-state index in [0.717, 1.165) is 30.6 Å². The first-order valence-electron chi connectivity index (χ1n) is 5.92. The van der Waals surface area contributed by atoms with Gasteiger partial charge >= 0.3 is 0 Å².